The predicted molar refractivity (Wildman–Crippen MR) is 57.8 cm³/mol. The molecule has 0 bridgehead atoms. The molecule has 1 aliphatic rings. The highest BCUT2D eigenvalue weighted by molar-refractivity contribution is 5.96. The van der Waals surface area contributed by atoms with Crippen LogP contribution in [0.4, 0.5) is 5.69 Å². The quantitative estimate of drug-likeness (QED) is 0.699. The van der Waals surface area contributed by atoms with Crippen LogP contribution in [0.25, 0.3) is 0 Å². The molecule has 0 spiro atoms. The van der Waals surface area contributed by atoms with Gasteiger partial charge >= 0.3 is 0 Å². The molecule has 0 saturated carbocycles. The van der Waals surface area contributed by atoms with E-state index in [1.54, 1.807) is 4.90 Å². The van der Waals surface area contributed by atoms with Crippen molar-refractivity contribution in [1.29, 1.82) is 0 Å². The molecule has 0 aromatic heterocycles. The van der Waals surface area contributed by atoms with Crippen LogP contribution in [-0.4, -0.2) is 18.7 Å². The summed E-state index contributed by atoms with van der Waals surface area (Å²) < 4.78 is 0. The SMILES string of the molecule is O=CCCN1C(=O)CCc2ccccc21. The number of fused-ring (bicyclic) bond motifs is 1. The van der Waals surface area contributed by atoms with Crippen LogP contribution >= 0.6 is 0 Å². The van der Waals surface area contributed by atoms with E-state index in [9.17, 15) is 9.59 Å². The fourth-order valence-electron chi connectivity index (χ4n) is 1.92. The van der Waals surface area contributed by atoms with Crippen LogP contribution in [0.2, 0.25) is 0 Å². The van der Waals surface area contributed by atoms with Gasteiger partial charge in [-0.3, -0.25) is 4.79 Å². The molecule has 1 amide bonds. The van der Waals surface area contributed by atoms with Crippen molar-refractivity contribution in [2.45, 2.75) is 19.3 Å². The molecule has 0 N–H and O–H groups in total. The van der Waals surface area contributed by atoms with Crippen molar-refractivity contribution in [3.63, 3.8) is 0 Å². The molecule has 1 aromatic rings. The van der Waals surface area contributed by atoms with Crippen LogP contribution < -0.4 is 4.90 Å². The van der Waals surface area contributed by atoms with Crippen LogP contribution in [0.3, 0.4) is 0 Å². The second-order valence-corrected chi connectivity index (χ2v) is 3.63. The van der Waals surface area contributed by atoms with Gasteiger partial charge in [0, 0.05) is 25.1 Å². The first-order valence-corrected chi connectivity index (χ1v) is 5.15. The van der Waals surface area contributed by atoms with E-state index < -0.39 is 0 Å². The Morgan fingerprint density at radius 3 is 2.87 bits per heavy atom. The topological polar surface area (TPSA) is 37.4 Å². The van der Waals surface area contributed by atoms with Gasteiger partial charge in [0.15, 0.2) is 0 Å². The van der Waals surface area contributed by atoms with E-state index in [1.807, 2.05) is 24.3 Å². The van der Waals surface area contributed by atoms with Gasteiger partial charge in [-0.15, -0.1) is 0 Å². The molecule has 1 aromatic carbocycles. The second-order valence-electron chi connectivity index (χ2n) is 3.63. The minimum Gasteiger partial charge on any atom is -0.312 e. The van der Waals surface area contributed by atoms with Gasteiger partial charge < -0.3 is 9.69 Å². The second kappa shape index (κ2) is 4.26. The van der Waals surface area contributed by atoms with Crippen molar-refractivity contribution < 1.29 is 9.59 Å². The molecular formula is C12H13NO2. The Hall–Kier alpha value is -1.64. The van der Waals surface area contributed by atoms with Gasteiger partial charge in [-0.05, 0) is 18.1 Å². The molecule has 0 unspecified atom stereocenters. The Labute approximate surface area is 88.7 Å². The van der Waals surface area contributed by atoms with Crippen LogP contribution in [0.15, 0.2) is 24.3 Å². The van der Waals surface area contributed by atoms with Crippen molar-refractivity contribution in [2.24, 2.45) is 0 Å². The summed E-state index contributed by atoms with van der Waals surface area (Å²) in [7, 11) is 0. The first kappa shape index (κ1) is 9.90. The zero-order valence-corrected chi connectivity index (χ0v) is 8.48. The monoisotopic (exact) mass is 203 g/mol. The number of carbonyl (C=O) groups excluding carboxylic acids is 2. The van der Waals surface area contributed by atoms with Gasteiger partial charge in [0.2, 0.25) is 5.91 Å². The maximum Gasteiger partial charge on any atom is 0.227 e. The van der Waals surface area contributed by atoms with Crippen molar-refractivity contribution in [1.82, 2.24) is 0 Å². The molecule has 0 saturated heterocycles. The normalized spacial score (nSPS) is 14.9. The Morgan fingerprint density at radius 2 is 2.07 bits per heavy atom. The standard InChI is InChI=1S/C12H13NO2/c14-9-3-8-13-11-5-2-1-4-10(11)6-7-12(13)15/h1-2,4-5,9H,3,6-8H2. The molecule has 78 valence electrons. The number of rotatable bonds is 3. The molecule has 3 nitrogen and oxygen atoms in total. The van der Waals surface area contributed by atoms with E-state index in [0.717, 1.165) is 18.4 Å². The van der Waals surface area contributed by atoms with Crippen molar-refractivity contribution in [2.75, 3.05) is 11.4 Å². The number of carbonyl (C=O) groups is 2. The summed E-state index contributed by atoms with van der Waals surface area (Å²) in [5.41, 5.74) is 2.17. The van der Waals surface area contributed by atoms with E-state index >= 15 is 0 Å². The zero-order chi connectivity index (χ0) is 10.7. The van der Waals surface area contributed by atoms with E-state index in [-0.39, 0.29) is 5.91 Å². The third-order valence-corrected chi connectivity index (χ3v) is 2.66. The lowest BCUT2D eigenvalue weighted by molar-refractivity contribution is -0.118. The molecule has 1 aliphatic heterocycles. The highest BCUT2D eigenvalue weighted by Crippen LogP contribution is 2.27. The number of hydrogen-bond acceptors (Lipinski definition) is 2. The van der Waals surface area contributed by atoms with Crippen molar-refractivity contribution in [3.05, 3.63) is 29.8 Å². The summed E-state index contributed by atoms with van der Waals surface area (Å²) in [5, 5.41) is 0. The number of anilines is 1. The lowest BCUT2D eigenvalue weighted by atomic mass is 10.0. The lowest BCUT2D eigenvalue weighted by Crippen LogP contribution is -2.35. The number of amides is 1. The fourth-order valence-corrected chi connectivity index (χ4v) is 1.92. The number of benzene rings is 1. The van der Waals surface area contributed by atoms with Crippen LogP contribution in [0, 0.1) is 0 Å². The highest BCUT2D eigenvalue weighted by Gasteiger charge is 2.22. The van der Waals surface area contributed by atoms with Gasteiger partial charge in [-0.1, -0.05) is 18.2 Å². The molecule has 2 rings (SSSR count). The van der Waals surface area contributed by atoms with Crippen LogP contribution in [0.1, 0.15) is 18.4 Å². The van der Waals surface area contributed by atoms with Crippen LogP contribution in [0.5, 0.6) is 0 Å². The molecular weight excluding hydrogens is 190 g/mol. The molecule has 0 atom stereocenters. The Kier molecular flexibility index (Phi) is 2.81. The van der Waals surface area contributed by atoms with E-state index in [2.05, 4.69) is 0 Å². The molecule has 1 heterocycles. The van der Waals surface area contributed by atoms with Gasteiger partial charge in [-0.25, -0.2) is 0 Å². The average Bonchev–Trinajstić information content (AvgIpc) is 2.28. The van der Waals surface area contributed by atoms with Gasteiger partial charge in [0.1, 0.15) is 6.29 Å². The fraction of sp³-hybridized carbons (Fsp3) is 0.333. The minimum atomic E-state index is 0.121. The smallest absolute Gasteiger partial charge is 0.227 e. The number of aryl methyl sites for hydroxylation is 1. The Bertz CT molecular complexity index is 387. The largest absolute Gasteiger partial charge is 0.312 e. The predicted octanol–water partition coefficient (Wildman–Crippen LogP) is 1.55. The summed E-state index contributed by atoms with van der Waals surface area (Å²) >= 11 is 0. The summed E-state index contributed by atoms with van der Waals surface area (Å²) in [6.07, 6.45) is 2.62. The van der Waals surface area contributed by atoms with Crippen molar-refractivity contribution >= 4 is 17.9 Å². The zero-order valence-electron chi connectivity index (χ0n) is 8.48. The Morgan fingerprint density at radius 1 is 1.27 bits per heavy atom. The number of hydrogen-bond donors (Lipinski definition) is 0. The highest BCUT2D eigenvalue weighted by atomic mass is 16.2. The molecule has 0 radical (unpaired) electrons. The summed E-state index contributed by atoms with van der Waals surface area (Å²) in [5.74, 6) is 0.121. The third kappa shape index (κ3) is 1.91. The molecule has 3 heteroatoms. The van der Waals surface area contributed by atoms with Gasteiger partial charge in [0.05, 0.1) is 0 Å². The van der Waals surface area contributed by atoms with Gasteiger partial charge in [-0.2, -0.15) is 0 Å². The average molecular weight is 203 g/mol. The summed E-state index contributed by atoms with van der Waals surface area (Å²) in [6.45, 7) is 0.499. The van der Waals surface area contributed by atoms with Crippen LogP contribution in [-0.2, 0) is 16.0 Å². The van der Waals surface area contributed by atoms with E-state index in [0.29, 0.717) is 19.4 Å². The summed E-state index contributed by atoms with van der Waals surface area (Å²) in [6, 6.07) is 7.88. The number of aldehydes is 1. The third-order valence-electron chi connectivity index (χ3n) is 2.66. The molecule has 0 fully saturated rings. The molecule has 0 aliphatic carbocycles. The maximum absolute atomic E-state index is 11.7. The van der Waals surface area contributed by atoms with Gasteiger partial charge in [0.25, 0.3) is 0 Å². The van der Waals surface area contributed by atoms with E-state index in [1.165, 1.54) is 5.56 Å². The Balaban J connectivity index is 2.28. The first-order valence-electron chi connectivity index (χ1n) is 5.15. The summed E-state index contributed by atoms with van der Waals surface area (Å²) in [4.78, 5) is 23.7. The number of nitrogens with zero attached hydrogens (tertiary/aromatic N) is 1. The lowest BCUT2D eigenvalue weighted by Gasteiger charge is -2.28. The molecule has 15 heavy (non-hydrogen) atoms. The van der Waals surface area contributed by atoms with E-state index in [4.69, 9.17) is 0 Å². The number of para-hydroxylation sites is 1. The van der Waals surface area contributed by atoms with Crippen molar-refractivity contribution in [3.8, 4) is 0 Å². The first-order chi connectivity index (χ1) is 7.33. The maximum atomic E-state index is 11.7. The minimum absolute atomic E-state index is 0.121.